The number of urea groups is 1. The predicted octanol–water partition coefficient (Wildman–Crippen LogP) is 3.20. The van der Waals surface area contributed by atoms with E-state index >= 15 is 0 Å². The number of nitrogens with one attached hydrogen (secondary N) is 2. The zero-order chi connectivity index (χ0) is 21.3. The topological polar surface area (TPSA) is 96.3 Å². The fourth-order valence-electron chi connectivity index (χ4n) is 3.71. The van der Waals surface area contributed by atoms with Gasteiger partial charge < -0.3 is 10.2 Å². The van der Waals surface area contributed by atoms with Gasteiger partial charge in [-0.1, -0.05) is 49.7 Å². The van der Waals surface area contributed by atoms with Gasteiger partial charge in [-0.05, 0) is 17.9 Å². The Bertz CT molecular complexity index is 1200. The van der Waals surface area contributed by atoms with Gasteiger partial charge in [0.05, 0.1) is 23.7 Å². The van der Waals surface area contributed by atoms with Crippen molar-refractivity contribution in [1.29, 1.82) is 0 Å². The second-order valence-corrected chi connectivity index (χ2v) is 9.07. The van der Waals surface area contributed by atoms with E-state index in [9.17, 15) is 13.2 Å². The van der Waals surface area contributed by atoms with Crippen LogP contribution < -0.4 is 10.0 Å². The van der Waals surface area contributed by atoms with Crippen LogP contribution in [-0.2, 0) is 30.2 Å². The average molecular weight is 428 g/mol. The number of carbonyl (C=O) groups is 1. The Morgan fingerprint density at radius 1 is 1.13 bits per heavy atom. The van der Waals surface area contributed by atoms with Crippen LogP contribution in [0, 0.1) is 0 Å². The molecule has 30 heavy (non-hydrogen) atoms. The molecule has 1 aromatic heterocycles. The molecule has 0 aliphatic carbocycles. The van der Waals surface area contributed by atoms with Crippen LogP contribution in [0.4, 0.5) is 10.6 Å². The number of sulfonamides is 1. The summed E-state index contributed by atoms with van der Waals surface area (Å²) in [4.78, 5) is 14.2. The van der Waals surface area contributed by atoms with Gasteiger partial charge in [0.2, 0.25) is 0 Å². The molecule has 158 valence electrons. The number of carbonyl (C=O) groups excluding carboxylic acids is 1. The number of nitrogens with zero attached hydrogens (tertiary/aromatic N) is 3. The first-order chi connectivity index (χ1) is 14.4. The number of unbranched alkanes of at least 4 members (excludes halogenated alkanes) is 1. The lowest BCUT2D eigenvalue weighted by Crippen LogP contribution is -2.37. The first-order valence-corrected chi connectivity index (χ1v) is 11.5. The highest BCUT2D eigenvalue weighted by Gasteiger charge is 2.31. The van der Waals surface area contributed by atoms with Crippen molar-refractivity contribution in [2.75, 3.05) is 11.3 Å². The molecule has 0 unspecified atom stereocenters. The normalized spacial score (nSPS) is 13.5. The van der Waals surface area contributed by atoms with Gasteiger partial charge in [0.15, 0.2) is 0 Å². The Balaban J connectivity index is 1.59. The monoisotopic (exact) mass is 427 g/mol. The smallest absolute Gasteiger partial charge is 0.318 e. The Labute approximate surface area is 175 Å². The number of benzene rings is 2. The molecule has 8 nitrogen and oxygen atoms in total. The van der Waals surface area contributed by atoms with Gasteiger partial charge in [-0.2, -0.15) is 5.10 Å². The minimum atomic E-state index is -3.84. The van der Waals surface area contributed by atoms with Crippen LogP contribution in [0.25, 0.3) is 10.8 Å². The number of aromatic nitrogens is 2. The van der Waals surface area contributed by atoms with E-state index in [0.717, 1.165) is 23.8 Å². The Morgan fingerprint density at radius 3 is 2.70 bits per heavy atom. The highest BCUT2D eigenvalue weighted by Crippen LogP contribution is 2.31. The summed E-state index contributed by atoms with van der Waals surface area (Å²) in [5.41, 5.74) is 1.44. The molecule has 0 spiro atoms. The van der Waals surface area contributed by atoms with Gasteiger partial charge in [0.25, 0.3) is 10.0 Å². The molecule has 0 radical (unpaired) electrons. The molecule has 1 aliphatic rings. The fraction of sp³-hybridized carbons (Fsp3) is 0.333. The van der Waals surface area contributed by atoms with Crippen LogP contribution >= 0.6 is 0 Å². The minimum absolute atomic E-state index is 0.160. The summed E-state index contributed by atoms with van der Waals surface area (Å²) in [6.07, 6.45) is 1.92. The standard InChI is InChI=1S/C21H25N5O3S/c1-3-4-12-22-21(27)26-13-17-18(14-26)23-25(2)20(17)24-30(28,29)19-11-7-9-15-8-5-6-10-16(15)19/h5-11,24H,3-4,12-14H2,1-2H3,(H,22,27). The number of rotatable bonds is 6. The van der Waals surface area contributed by atoms with E-state index in [1.54, 1.807) is 30.1 Å². The van der Waals surface area contributed by atoms with E-state index in [4.69, 9.17) is 0 Å². The zero-order valence-electron chi connectivity index (χ0n) is 17.1. The van der Waals surface area contributed by atoms with Crippen molar-refractivity contribution in [3.8, 4) is 0 Å². The van der Waals surface area contributed by atoms with Crippen LogP contribution in [0.15, 0.2) is 47.4 Å². The van der Waals surface area contributed by atoms with Crippen molar-refractivity contribution in [2.45, 2.75) is 37.8 Å². The number of hydrogen-bond acceptors (Lipinski definition) is 4. The molecule has 3 aromatic rings. The van der Waals surface area contributed by atoms with Crippen LogP contribution in [0.5, 0.6) is 0 Å². The highest BCUT2D eigenvalue weighted by atomic mass is 32.2. The third-order valence-corrected chi connectivity index (χ3v) is 6.68. The number of fused-ring (bicyclic) bond motifs is 2. The minimum Gasteiger partial charge on any atom is -0.338 e. The summed E-state index contributed by atoms with van der Waals surface area (Å²) in [6.45, 7) is 3.36. The molecule has 9 heteroatoms. The predicted molar refractivity (Wildman–Crippen MR) is 116 cm³/mol. The van der Waals surface area contributed by atoms with Gasteiger partial charge in [-0.3, -0.25) is 9.40 Å². The quantitative estimate of drug-likeness (QED) is 0.591. The van der Waals surface area contributed by atoms with Gasteiger partial charge in [0, 0.05) is 24.5 Å². The second kappa shape index (κ2) is 7.98. The van der Waals surface area contributed by atoms with Crippen LogP contribution in [0.1, 0.15) is 31.0 Å². The van der Waals surface area contributed by atoms with E-state index in [2.05, 4.69) is 22.1 Å². The number of hydrogen-bond donors (Lipinski definition) is 2. The van der Waals surface area contributed by atoms with Gasteiger partial charge >= 0.3 is 6.03 Å². The van der Waals surface area contributed by atoms with Crippen LogP contribution in [0.3, 0.4) is 0 Å². The molecule has 0 bridgehead atoms. The van der Waals surface area contributed by atoms with Gasteiger partial charge in [-0.15, -0.1) is 0 Å². The molecular weight excluding hydrogens is 402 g/mol. The maximum absolute atomic E-state index is 13.2. The first-order valence-electron chi connectivity index (χ1n) is 9.99. The van der Waals surface area contributed by atoms with Crippen LogP contribution in [0.2, 0.25) is 0 Å². The van der Waals surface area contributed by atoms with E-state index in [-0.39, 0.29) is 10.9 Å². The largest absolute Gasteiger partial charge is 0.338 e. The van der Waals surface area contributed by atoms with Crippen molar-refractivity contribution in [2.24, 2.45) is 7.05 Å². The Kier molecular flexibility index (Phi) is 5.38. The number of anilines is 1. The summed E-state index contributed by atoms with van der Waals surface area (Å²) in [5.74, 6) is 0.391. The summed E-state index contributed by atoms with van der Waals surface area (Å²) < 4.78 is 30.6. The van der Waals surface area contributed by atoms with Gasteiger partial charge in [0.1, 0.15) is 5.82 Å². The average Bonchev–Trinajstić information content (AvgIpc) is 3.26. The maximum Gasteiger partial charge on any atom is 0.318 e. The van der Waals surface area contributed by atoms with Crippen LogP contribution in [-0.4, -0.2) is 35.7 Å². The zero-order valence-corrected chi connectivity index (χ0v) is 17.9. The van der Waals surface area contributed by atoms with E-state index in [1.165, 1.54) is 4.68 Å². The third kappa shape index (κ3) is 3.72. The van der Waals surface area contributed by atoms with E-state index < -0.39 is 10.0 Å². The molecule has 0 saturated carbocycles. The van der Waals surface area contributed by atoms with E-state index in [1.807, 2.05) is 24.3 Å². The number of aryl methyl sites for hydroxylation is 1. The molecule has 4 rings (SSSR count). The van der Waals surface area contributed by atoms with Gasteiger partial charge in [-0.25, -0.2) is 13.2 Å². The van der Waals surface area contributed by atoms with Crippen molar-refractivity contribution in [1.82, 2.24) is 20.0 Å². The number of amides is 2. The molecular formula is C21H25N5O3S. The molecule has 2 aromatic carbocycles. The SMILES string of the molecule is CCCCNC(=O)N1Cc2nn(C)c(NS(=O)(=O)c3cccc4ccccc34)c2C1. The summed E-state index contributed by atoms with van der Waals surface area (Å²) in [6, 6.07) is 12.4. The van der Waals surface area contributed by atoms with Crippen molar-refractivity contribution in [3.05, 3.63) is 53.7 Å². The molecule has 2 N–H and O–H groups in total. The Morgan fingerprint density at radius 2 is 1.90 bits per heavy atom. The summed E-state index contributed by atoms with van der Waals surface area (Å²) in [7, 11) is -2.14. The lowest BCUT2D eigenvalue weighted by atomic mass is 10.1. The molecule has 0 saturated heterocycles. The third-order valence-electron chi connectivity index (χ3n) is 5.28. The van der Waals surface area contributed by atoms with E-state index in [0.29, 0.717) is 36.5 Å². The highest BCUT2D eigenvalue weighted by molar-refractivity contribution is 7.93. The van der Waals surface area contributed by atoms with Crippen molar-refractivity contribution < 1.29 is 13.2 Å². The summed E-state index contributed by atoms with van der Waals surface area (Å²) in [5, 5.41) is 8.83. The molecule has 0 fully saturated rings. The van der Waals surface area contributed by atoms with Crippen molar-refractivity contribution >= 4 is 32.6 Å². The first kappa shape index (κ1) is 20.2. The lowest BCUT2D eigenvalue weighted by molar-refractivity contribution is 0.197. The lowest BCUT2D eigenvalue weighted by Gasteiger charge is -2.17. The summed E-state index contributed by atoms with van der Waals surface area (Å²) >= 11 is 0. The van der Waals surface area contributed by atoms with Crippen molar-refractivity contribution in [3.63, 3.8) is 0 Å². The second-order valence-electron chi connectivity index (χ2n) is 7.42. The molecule has 2 heterocycles. The maximum atomic E-state index is 13.2. The molecule has 0 atom stereocenters. The molecule has 2 amide bonds. The fourth-order valence-corrected chi connectivity index (χ4v) is 5.06. The Hall–Kier alpha value is -3.07. The molecule has 1 aliphatic heterocycles.